The van der Waals surface area contributed by atoms with E-state index >= 15 is 0 Å². The Kier molecular flexibility index (Phi) is 32.0. The van der Waals surface area contributed by atoms with Crippen LogP contribution in [0, 0.1) is 6.92 Å². The van der Waals surface area contributed by atoms with Gasteiger partial charge in [0.25, 0.3) is 0 Å². The SMILES string of the molecule is CC(C)(C)c1ccc(S(=O)(=O)[N-]c2cccc3cccnc23)cc1.CS(=O)(=O)[N-]c1cccc2cccnc12.Cc1ccc2cccc([N-]S(=O)(=O)c3ccccc3)c2n1.O=S(=O)([N-]c1cccc2cccnc12)c1ccc2ccccc2c1.O=S(=O)([N-]c1cccc2cccnc12)c1cccs1.[Zn].[Zn].[Zn].[Zn].[Zn]. The summed E-state index contributed by atoms with van der Waals surface area (Å²) >= 11 is 1.15. The zero-order valence-electron chi connectivity index (χ0n) is 59.3. The van der Waals surface area contributed by atoms with Crippen LogP contribution >= 0.6 is 11.3 Å². The molecule has 9 aromatic carbocycles. The number of para-hydroxylation sites is 5. The van der Waals surface area contributed by atoms with Gasteiger partial charge in [-0.3, -0.25) is 24.9 Å². The maximum absolute atomic E-state index is 12.7. The minimum atomic E-state index is -3.81. The molecule has 0 spiro atoms. The van der Waals surface area contributed by atoms with Gasteiger partial charge in [0.1, 0.15) is 44.3 Å². The standard InChI is InChI=1S/C19H13N2O2S.C19H19N2O2S.C16H13N2O2S.C13H9N2O2S2.C10H9N2O2S.5Zn/c22-24(23,17-11-10-14-5-1-2-6-16(14)13-17)21-18-9-3-7-15-8-4-12-20-19(15)18;1-19(2,3)15-9-11-16(12-10-15)24(22,23)21-17-8-4-6-14-7-5-13-20-18(14)17;1-12-10-11-13-6-5-9-15(16(13)17-12)18-21(19,20)14-7-3-2-4-8-14;16-19(17,12-7-3-9-18-12)15-11-6-1-4-10-5-2-8-14-13(10)11;1-15(13,14)12-9-6-2-4-8-5-3-7-11-10(8)9;;;;;/h1-13H;4-13H,1-3H3;2-11H,1H3;1-9H;2-7H,1H3;;;;;/q5*-1;;;;;. The summed E-state index contributed by atoms with van der Waals surface area (Å²) in [6, 6.07) is 76.0. The molecule has 0 aliphatic rings. The van der Waals surface area contributed by atoms with Crippen molar-refractivity contribution in [1.29, 1.82) is 0 Å². The summed E-state index contributed by atoms with van der Waals surface area (Å²) in [4.78, 5) is 21.7. The molecule has 0 amide bonds. The molecule has 0 aliphatic carbocycles. The van der Waals surface area contributed by atoms with Crippen LogP contribution in [0.3, 0.4) is 0 Å². The van der Waals surface area contributed by atoms with Gasteiger partial charge in [0, 0.05) is 134 Å². The molecule has 0 bridgehead atoms. The van der Waals surface area contributed by atoms with E-state index in [1.165, 1.54) is 12.1 Å². The van der Waals surface area contributed by atoms with Gasteiger partial charge >= 0.3 is 0 Å². The molecule has 6 aromatic heterocycles. The van der Waals surface area contributed by atoms with Crippen LogP contribution in [0.25, 0.3) is 88.9 Å². The summed E-state index contributed by atoms with van der Waals surface area (Å²) in [5.41, 5.74) is 6.62. The average molecular weight is 1810 g/mol. The fourth-order valence-electron chi connectivity index (χ4n) is 10.3. The van der Waals surface area contributed by atoms with E-state index in [-0.39, 0.29) is 122 Å². The van der Waals surface area contributed by atoms with Gasteiger partial charge in [0.05, 0.1) is 52.3 Å². The van der Waals surface area contributed by atoms with E-state index in [2.05, 4.69) is 69.3 Å². The number of sulfonamides is 5. The Morgan fingerprint density at radius 1 is 0.306 bits per heavy atom. The molecule has 20 nitrogen and oxygen atoms in total. The van der Waals surface area contributed by atoms with E-state index in [0.717, 1.165) is 66.6 Å². The number of nitrogens with zero attached hydrogens (tertiary/aromatic N) is 10. The van der Waals surface area contributed by atoms with E-state index in [1.54, 1.807) is 164 Å². The Morgan fingerprint density at radius 3 is 1.05 bits per heavy atom. The summed E-state index contributed by atoms with van der Waals surface area (Å²) in [5, 5.41) is 7.89. The number of rotatable bonds is 14. The Hall–Kier alpha value is -8.14. The van der Waals surface area contributed by atoms with Gasteiger partial charge < -0.3 is 23.6 Å². The van der Waals surface area contributed by atoms with Crippen molar-refractivity contribution >= 4 is 155 Å². The first-order valence-corrected chi connectivity index (χ1v) is 39.9. The molecule has 0 radical (unpaired) electrons. The molecular weight excluding hydrogens is 1740 g/mol. The zero-order valence-corrected chi connectivity index (χ0v) is 79.0. The predicted octanol–water partition coefficient (Wildman–Crippen LogP) is 19.5. The van der Waals surface area contributed by atoms with Gasteiger partial charge in [-0.2, -0.15) is 0 Å². The Morgan fingerprint density at radius 2 is 0.639 bits per heavy atom. The number of hydrogen-bond donors (Lipinski definition) is 0. The second-order valence-corrected chi connectivity index (χ2v) is 33.1. The number of pyridine rings is 5. The number of thiophene rings is 1. The van der Waals surface area contributed by atoms with Gasteiger partial charge in [-0.15, -0.1) is 39.8 Å². The van der Waals surface area contributed by atoms with Gasteiger partial charge in [-0.05, 0) is 134 Å². The van der Waals surface area contributed by atoms with Crippen molar-refractivity contribution in [3.63, 3.8) is 0 Å². The van der Waals surface area contributed by atoms with Crippen molar-refractivity contribution in [3.8, 4) is 0 Å². The minimum absolute atomic E-state index is 0. The first kappa shape index (κ1) is 88.8. The molecule has 0 unspecified atom stereocenters. The summed E-state index contributed by atoms with van der Waals surface area (Å²) in [6.45, 7) is 8.12. The van der Waals surface area contributed by atoms with E-state index in [0.29, 0.717) is 56.0 Å². The average Bonchev–Trinajstić information content (AvgIpc) is 0.839. The van der Waals surface area contributed by atoms with Gasteiger partial charge in [-0.1, -0.05) is 209 Å². The molecule has 532 valence electrons. The molecule has 0 N–H and O–H groups in total. The summed E-state index contributed by atoms with van der Waals surface area (Å²) in [7, 11) is -18.4. The largest absolute Gasteiger partial charge is 0.575 e. The molecular formula is C77H63N10O10S6Zn5-5. The van der Waals surface area contributed by atoms with Crippen LogP contribution in [0.1, 0.15) is 32.0 Å². The third kappa shape index (κ3) is 23.2. The molecule has 0 saturated heterocycles. The van der Waals surface area contributed by atoms with Crippen molar-refractivity contribution in [2.75, 3.05) is 6.26 Å². The molecule has 15 rings (SSSR count). The van der Waals surface area contributed by atoms with Gasteiger partial charge in [0.15, 0.2) is 0 Å². The third-order valence-electron chi connectivity index (χ3n) is 15.2. The van der Waals surface area contributed by atoms with Crippen LogP contribution in [0.4, 0.5) is 28.4 Å². The monoisotopic (exact) mass is 1800 g/mol. The number of hydrogen-bond acceptors (Lipinski definition) is 16. The summed E-state index contributed by atoms with van der Waals surface area (Å²) in [6.07, 6.45) is 7.56. The molecule has 15 aromatic rings. The predicted molar refractivity (Wildman–Crippen MR) is 412 cm³/mol. The fraction of sp³-hybridized carbons (Fsp3) is 0.0779. The Bertz CT molecular complexity index is 6170. The van der Waals surface area contributed by atoms with Crippen molar-refractivity contribution in [3.05, 3.63) is 326 Å². The number of benzene rings is 9. The first-order valence-electron chi connectivity index (χ1n) is 31.4. The van der Waals surface area contributed by atoms with E-state index in [1.807, 2.05) is 122 Å². The van der Waals surface area contributed by atoms with Crippen LogP contribution in [0.2, 0.25) is 0 Å². The maximum Gasteiger partial charge on any atom is 0.132 e. The van der Waals surface area contributed by atoms with Crippen molar-refractivity contribution < 1.29 is 139 Å². The van der Waals surface area contributed by atoms with E-state index < -0.39 is 50.1 Å². The fourth-order valence-corrected chi connectivity index (χ4v) is 15.8. The van der Waals surface area contributed by atoms with Crippen LogP contribution in [0.5, 0.6) is 0 Å². The van der Waals surface area contributed by atoms with Crippen LogP contribution in [-0.4, -0.2) is 73.3 Å². The van der Waals surface area contributed by atoms with E-state index in [9.17, 15) is 42.1 Å². The number of fused-ring (bicyclic) bond motifs is 6. The molecule has 0 saturated carbocycles. The van der Waals surface area contributed by atoms with Crippen LogP contribution in [0.15, 0.2) is 310 Å². The zero-order chi connectivity index (χ0) is 73.0. The molecule has 108 heavy (non-hydrogen) atoms. The second-order valence-electron chi connectivity index (χ2n) is 23.8. The maximum atomic E-state index is 12.7. The number of aryl methyl sites for hydroxylation is 1. The smallest absolute Gasteiger partial charge is 0.132 e. The Balaban J connectivity index is 0.000000210. The third-order valence-corrected chi connectivity index (χ3v) is 22.3. The Labute approximate surface area is 696 Å². The van der Waals surface area contributed by atoms with Crippen LogP contribution in [-0.2, 0) is 153 Å². The van der Waals surface area contributed by atoms with Gasteiger partial charge in [-0.25, -0.2) is 42.1 Å². The van der Waals surface area contributed by atoms with Crippen molar-refractivity contribution in [2.45, 2.75) is 52.0 Å². The first-order chi connectivity index (χ1) is 49.2. The normalized spacial score (nSPS) is 11.2. The number of aromatic nitrogens is 5. The molecule has 6 heterocycles. The van der Waals surface area contributed by atoms with Gasteiger partial charge in [0.2, 0.25) is 0 Å². The van der Waals surface area contributed by atoms with E-state index in [4.69, 9.17) is 0 Å². The molecule has 31 heteroatoms. The summed E-state index contributed by atoms with van der Waals surface area (Å²) in [5.74, 6) is 0. The summed E-state index contributed by atoms with van der Waals surface area (Å²) < 4.78 is 141. The topological polar surface area (TPSA) is 306 Å². The molecule has 0 atom stereocenters. The van der Waals surface area contributed by atoms with Crippen LogP contribution < -0.4 is 0 Å². The minimum Gasteiger partial charge on any atom is -0.575 e. The van der Waals surface area contributed by atoms with Crippen molar-refractivity contribution in [1.82, 2.24) is 24.9 Å². The molecule has 0 aliphatic heterocycles. The quantitative estimate of drug-likeness (QED) is 0.0914. The molecule has 0 fully saturated rings. The second kappa shape index (κ2) is 39.0. The van der Waals surface area contributed by atoms with Crippen molar-refractivity contribution in [2.24, 2.45) is 0 Å².